The summed E-state index contributed by atoms with van der Waals surface area (Å²) >= 11 is 4.07. The summed E-state index contributed by atoms with van der Waals surface area (Å²) in [6.45, 7) is 4.67. The largest absolute Gasteiger partial charge is 0.353 e. The Morgan fingerprint density at radius 2 is 1.83 bits per heavy atom. The van der Waals surface area contributed by atoms with Crippen LogP contribution in [0, 0.1) is 29.1 Å². The molecule has 5 rings (SSSR count). The van der Waals surface area contributed by atoms with Crippen molar-refractivity contribution in [1.82, 2.24) is 5.32 Å². The first-order valence-corrected chi connectivity index (χ1v) is 10.6. The van der Waals surface area contributed by atoms with Crippen molar-refractivity contribution in [1.29, 1.82) is 0 Å². The van der Waals surface area contributed by atoms with Gasteiger partial charge in [0.05, 0.1) is 0 Å². The van der Waals surface area contributed by atoms with E-state index in [0.29, 0.717) is 27.6 Å². The van der Waals surface area contributed by atoms with Gasteiger partial charge in [-0.2, -0.15) is 0 Å². The van der Waals surface area contributed by atoms with Crippen LogP contribution in [0.4, 0.5) is 0 Å². The van der Waals surface area contributed by atoms with Crippen molar-refractivity contribution in [3.8, 4) is 0 Å². The molecule has 4 bridgehead atoms. The molecule has 5 saturated carbocycles. The van der Waals surface area contributed by atoms with Crippen molar-refractivity contribution in [2.75, 3.05) is 0 Å². The molecule has 0 aromatic rings. The predicted octanol–water partition coefficient (Wildman–Crippen LogP) is 5.05. The third kappa shape index (κ3) is 3.12. The maximum Gasteiger partial charge on any atom is 0.220 e. The smallest absolute Gasteiger partial charge is 0.220 e. The summed E-state index contributed by atoms with van der Waals surface area (Å²) in [5.41, 5.74) is 0.307. The summed E-state index contributed by atoms with van der Waals surface area (Å²) < 4.78 is 0.365. The molecule has 23 heavy (non-hydrogen) atoms. The van der Waals surface area contributed by atoms with Crippen LogP contribution in [0.1, 0.15) is 78.1 Å². The Morgan fingerprint density at radius 1 is 1.13 bits per heavy atom. The number of carbonyl (C=O) groups is 1. The normalized spacial score (nSPS) is 51.7. The number of halogens is 1. The minimum Gasteiger partial charge on any atom is -0.353 e. The highest BCUT2D eigenvalue weighted by Gasteiger charge is 2.57. The van der Waals surface area contributed by atoms with Gasteiger partial charge in [0, 0.05) is 16.8 Å². The van der Waals surface area contributed by atoms with Gasteiger partial charge in [-0.3, -0.25) is 4.79 Å². The second-order valence-corrected chi connectivity index (χ2v) is 11.4. The predicted molar refractivity (Wildman–Crippen MR) is 97.5 cm³/mol. The van der Waals surface area contributed by atoms with Crippen molar-refractivity contribution < 1.29 is 4.79 Å². The Bertz CT molecular complexity index is 476. The van der Waals surface area contributed by atoms with Gasteiger partial charge in [0.1, 0.15) is 0 Å². The second-order valence-electron chi connectivity index (χ2n) is 9.73. The zero-order valence-corrected chi connectivity index (χ0v) is 16.3. The molecule has 0 spiro atoms. The van der Waals surface area contributed by atoms with Crippen LogP contribution in [0.5, 0.6) is 0 Å². The number of rotatable bonds is 3. The molecule has 0 saturated heterocycles. The molecule has 5 aliphatic rings. The van der Waals surface area contributed by atoms with E-state index < -0.39 is 0 Å². The van der Waals surface area contributed by atoms with Crippen LogP contribution < -0.4 is 5.32 Å². The van der Waals surface area contributed by atoms with Gasteiger partial charge in [-0.15, -0.1) is 0 Å². The van der Waals surface area contributed by atoms with Crippen molar-refractivity contribution in [2.45, 2.75) is 88.4 Å². The SMILES string of the molecule is CC1CCCC(NC(=O)CC23CC4CC(CC(Br)(C4)C2)C3)C1C. The minimum absolute atomic E-state index is 0.307. The lowest BCUT2D eigenvalue weighted by Crippen LogP contribution is -2.54. The maximum atomic E-state index is 12.8. The van der Waals surface area contributed by atoms with E-state index in [1.54, 1.807) is 0 Å². The molecule has 0 aromatic heterocycles. The Kier molecular flexibility index (Phi) is 4.10. The average Bonchev–Trinajstić information content (AvgIpc) is 2.40. The van der Waals surface area contributed by atoms with E-state index >= 15 is 0 Å². The van der Waals surface area contributed by atoms with Gasteiger partial charge in [-0.1, -0.05) is 42.6 Å². The quantitative estimate of drug-likeness (QED) is 0.680. The molecule has 1 N–H and O–H groups in total. The van der Waals surface area contributed by atoms with Crippen LogP contribution in [-0.4, -0.2) is 16.3 Å². The van der Waals surface area contributed by atoms with Crippen LogP contribution in [0.3, 0.4) is 0 Å². The maximum absolute atomic E-state index is 12.8. The van der Waals surface area contributed by atoms with Gasteiger partial charge in [-0.25, -0.2) is 0 Å². The van der Waals surface area contributed by atoms with E-state index in [9.17, 15) is 4.79 Å². The molecule has 0 radical (unpaired) electrons. The molecule has 3 heteroatoms. The molecule has 0 heterocycles. The number of carbonyl (C=O) groups excluding carboxylic acids is 1. The van der Waals surface area contributed by atoms with Crippen LogP contribution in [-0.2, 0) is 4.79 Å². The Balaban J connectivity index is 1.41. The van der Waals surface area contributed by atoms with Crippen molar-refractivity contribution in [3.63, 3.8) is 0 Å². The third-order valence-corrected chi connectivity index (χ3v) is 8.63. The lowest BCUT2D eigenvalue weighted by Gasteiger charge is -2.60. The fourth-order valence-electron chi connectivity index (χ4n) is 6.93. The molecule has 130 valence electrons. The highest BCUT2D eigenvalue weighted by Crippen LogP contribution is 2.65. The van der Waals surface area contributed by atoms with Crippen molar-refractivity contribution >= 4 is 21.8 Å². The van der Waals surface area contributed by atoms with Crippen LogP contribution >= 0.6 is 15.9 Å². The summed E-state index contributed by atoms with van der Waals surface area (Å²) in [6, 6.07) is 0.415. The molecule has 5 atom stereocenters. The van der Waals surface area contributed by atoms with E-state index in [0.717, 1.165) is 24.2 Å². The average molecular weight is 382 g/mol. The Labute approximate surface area is 149 Å². The van der Waals surface area contributed by atoms with Gasteiger partial charge in [0.15, 0.2) is 0 Å². The molecule has 5 aliphatic carbocycles. The van der Waals surface area contributed by atoms with E-state index in [2.05, 4.69) is 35.1 Å². The van der Waals surface area contributed by atoms with Gasteiger partial charge >= 0.3 is 0 Å². The molecule has 0 aromatic carbocycles. The van der Waals surface area contributed by atoms with Crippen LogP contribution in [0.2, 0.25) is 0 Å². The van der Waals surface area contributed by atoms with E-state index in [1.165, 1.54) is 57.8 Å². The molecule has 1 amide bonds. The number of hydrogen-bond acceptors (Lipinski definition) is 1. The first kappa shape index (κ1) is 16.4. The molecule has 2 nitrogen and oxygen atoms in total. The fourth-order valence-corrected chi connectivity index (χ4v) is 8.44. The highest BCUT2D eigenvalue weighted by atomic mass is 79.9. The molecule has 5 unspecified atom stereocenters. The summed E-state index contributed by atoms with van der Waals surface area (Å²) in [5.74, 6) is 3.47. The first-order valence-electron chi connectivity index (χ1n) is 9.85. The zero-order valence-electron chi connectivity index (χ0n) is 14.7. The second kappa shape index (κ2) is 5.75. The van der Waals surface area contributed by atoms with Gasteiger partial charge in [0.2, 0.25) is 5.91 Å². The first-order chi connectivity index (χ1) is 10.9. The monoisotopic (exact) mass is 381 g/mol. The van der Waals surface area contributed by atoms with Crippen LogP contribution in [0.25, 0.3) is 0 Å². The Hall–Kier alpha value is -0.0500. The summed E-state index contributed by atoms with van der Waals surface area (Å²) in [4.78, 5) is 12.8. The number of alkyl halides is 1. The summed E-state index contributed by atoms with van der Waals surface area (Å²) in [6.07, 6.45) is 12.5. The molecule has 0 aliphatic heterocycles. The zero-order chi connectivity index (χ0) is 16.2. The van der Waals surface area contributed by atoms with Gasteiger partial charge in [0.25, 0.3) is 0 Å². The van der Waals surface area contributed by atoms with E-state index in [4.69, 9.17) is 0 Å². The fraction of sp³-hybridized carbons (Fsp3) is 0.950. The summed E-state index contributed by atoms with van der Waals surface area (Å²) in [7, 11) is 0. The third-order valence-electron chi connectivity index (χ3n) is 7.70. The van der Waals surface area contributed by atoms with Crippen LogP contribution in [0.15, 0.2) is 0 Å². The lowest BCUT2D eigenvalue weighted by atomic mass is 9.48. The van der Waals surface area contributed by atoms with Gasteiger partial charge in [-0.05, 0) is 74.0 Å². The number of hydrogen-bond donors (Lipinski definition) is 1. The Morgan fingerprint density at radius 3 is 2.48 bits per heavy atom. The van der Waals surface area contributed by atoms with Gasteiger partial charge < -0.3 is 5.32 Å². The topological polar surface area (TPSA) is 29.1 Å². The highest BCUT2D eigenvalue weighted by molar-refractivity contribution is 9.10. The van der Waals surface area contributed by atoms with Crippen molar-refractivity contribution in [2.24, 2.45) is 29.1 Å². The van der Waals surface area contributed by atoms with Crippen molar-refractivity contribution in [3.05, 3.63) is 0 Å². The van der Waals surface area contributed by atoms with E-state index in [-0.39, 0.29) is 0 Å². The van der Waals surface area contributed by atoms with E-state index in [1.807, 2.05) is 0 Å². The molecule has 5 fully saturated rings. The molecular weight excluding hydrogens is 350 g/mol. The standard InChI is InChI=1S/C20H32BrNO/c1-13-4-3-5-17(14(13)2)22-18(23)11-19-7-15-6-16(8-19)10-20(21,9-15)12-19/h13-17H,3-12H2,1-2H3,(H,22,23). The molecular formula is C20H32BrNO. The lowest BCUT2D eigenvalue weighted by molar-refractivity contribution is -0.129. The number of nitrogens with one attached hydrogen (secondary N) is 1. The minimum atomic E-state index is 0.307. The summed E-state index contributed by atoms with van der Waals surface area (Å²) in [5, 5.41) is 3.43. The number of amides is 1.